The van der Waals surface area contributed by atoms with Crippen molar-refractivity contribution in [3.8, 4) is 5.75 Å². The number of nitrogens with one attached hydrogen (secondary N) is 1. The van der Waals surface area contributed by atoms with E-state index >= 15 is 0 Å². The van der Waals surface area contributed by atoms with Gasteiger partial charge in [-0.05, 0) is 85.6 Å². The van der Waals surface area contributed by atoms with Crippen LogP contribution in [0.25, 0.3) is 0 Å². The van der Waals surface area contributed by atoms with Crippen LogP contribution in [0.5, 0.6) is 5.75 Å². The van der Waals surface area contributed by atoms with E-state index in [0.717, 1.165) is 32.1 Å². The summed E-state index contributed by atoms with van der Waals surface area (Å²) in [5.41, 5.74) is 2.67. The quantitative estimate of drug-likeness (QED) is 0.649. The lowest BCUT2D eigenvalue weighted by Gasteiger charge is -2.50. The molecule has 0 aliphatic heterocycles. The molecule has 0 aromatic heterocycles. The van der Waals surface area contributed by atoms with Crippen molar-refractivity contribution in [3.05, 3.63) is 39.4 Å². The van der Waals surface area contributed by atoms with Gasteiger partial charge in [-0.2, -0.15) is 0 Å². The van der Waals surface area contributed by atoms with Gasteiger partial charge in [0.25, 0.3) is 5.09 Å². The lowest BCUT2D eigenvalue weighted by Crippen LogP contribution is -2.49. The summed E-state index contributed by atoms with van der Waals surface area (Å²) >= 11 is 0. The second-order valence-corrected chi connectivity index (χ2v) is 8.20. The van der Waals surface area contributed by atoms with Gasteiger partial charge in [-0.15, -0.1) is 10.1 Å². The number of hydrogen-bond donors (Lipinski definition) is 2. The van der Waals surface area contributed by atoms with Gasteiger partial charge in [0.05, 0.1) is 6.10 Å². The Morgan fingerprint density at radius 2 is 2.20 bits per heavy atom. The fourth-order valence-corrected chi connectivity index (χ4v) is 6.24. The molecular weight excluding hydrogens is 320 g/mol. The summed E-state index contributed by atoms with van der Waals surface area (Å²) in [5, 5.41) is 23.7. The molecule has 0 radical (unpaired) electrons. The van der Waals surface area contributed by atoms with E-state index in [9.17, 15) is 15.2 Å². The predicted molar refractivity (Wildman–Crippen MR) is 92.9 cm³/mol. The van der Waals surface area contributed by atoms with E-state index < -0.39 is 5.09 Å². The second-order valence-electron chi connectivity index (χ2n) is 8.20. The lowest BCUT2D eigenvalue weighted by atomic mass is 9.55. The highest BCUT2D eigenvalue weighted by molar-refractivity contribution is 5.40. The maximum Gasteiger partial charge on any atom is 0.299 e. The van der Waals surface area contributed by atoms with Crippen LogP contribution in [0.2, 0.25) is 0 Å². The number of aliphatic hydroxyl groups is 1. The molecule has 1 aromatic rings. The van der Waals surface area contributed by atoms with Crippen molar-refractivity contribution in [1.29, 1.82) is 0 Å². The number of fused-ring (bicyclic) bond motifs is 5. The minimum absolute atomic E-state index is 0.154. The molecule has 0 spiro atoms. The molecule has 6 heteroatoms. The second kappa shape index (κ2) is 5.95. The number of likely N-dealkylation sites (N-methyl/N-ethyl adjacent to an activating group) is 1. The molecule has 2 saturated carbocycles. The molecule has 0 bridgehead atoms. The summed E-state index contributed by atoms with van der Waals surface area (Å²) in [4.78, 5) is 15.2. The van der Waals surface area contributed by atoms with Gasteiger partial charge in [-0.1, -0.05) is 13.0 Å². The zero-order chi connectivity index (χ0) is 17.8. The van der Waals surface area contributed by atoms with E-state index in [4.69, 9.17) is 0 Å². The van der Waals surface area contributed by atoms with Crippen LogP contribution in [0, 0.1) is 27.4 Å². The van der Waals surface area contributed by atoms with Crippen molar-refractivity contribution in [2.24, 2.45) is 17.3 Å². The Morgan fingerprint density at radius 1 is 1.40 bits per heavy atom. The number of aryl methyl sites for hydroxylation is 1. The van der Waals surface area contributed by atoms with Crippen LogP contribution in [0.3, 0.4) is 0 Å². The summed E-state index contributed by atoms with van der Waals surface area (Å²) in [6.45, 7) is 2.34. The van der Waals surface area contributed by atoms with Crippen LogP contribution in [0.1, 0.15) is 49.7 Å². The van der Waals surface area contributed by atoms with E-state index in [2.05, 4.69) is 17.1 Å². The molecule has 1 aromatic carbocycles. The molecule has 2 N–H and O–H groups in total. The first-order chi connectivity index (χ1) is 11.9. The Kier molecular flexibility index (Phi) is 4.00. The van der Waals surface area contributed by atoms with E-state index in [1.807, 2.05) is 19.2 Å². The fourth-order valence-electron chi connectivity index (χ4n) is 6.24. The Morgan fingerprint density at radius 3 is 2.92 bits per heavy atom. The Hall–Kier alpha value is -1.66. The van der Waals surface area contributed by atoms with Crippen LogP contribution in [0.4, 0.5) is 0 Å². The molecule has 4 rings (SSSR count). The molecule has 0 heterocycles. The van der Waals surface area contributed by atoms with Gasteiger partial charge in [-0.3, -0.25) is 4.84 Å². The van der Waals surface area contributed by atoms with Gasteiger partial charge >= 0.3 is 0 Å². The first-order valence-corrected chi connectivity index (χ1v) is 9.24. The summed E-state index contributed by atoms with van der Waals surface area (Å²) in [7, 11) is 1.96. The van der Waals surface area contributed by atoms with Gasteiger partial charge in [-0.25, -0.2) is 0 Å². The predicted octanol–water partition coefficient (Wildman–Crippen LogP) is 2.67. The van der Waals surface area contributed by atoms with Crippen molar-refractivity contribution in [1.82, 2.24) is 5.32 Å². The summed E-state index contributed by atoms with van der Waals surface area (Å²) in [5.74, 6) is 1.92. The molecule has 6 atom stereocenters. The van der Waals surface area contributed by atoms with Crippen molar-refractivity contribution >= 4 is 0 Å². The first kappa shape index (κ1) is 16.8. The van der Waals surface area contributed by atoms with E-state index in [-0.39, 0.29) is 17.6 Å². The molecule has 3 aliphatic carbocycles. The average Bonchev–Trinajstić information content (AvgIpc) is 2.83. The van der Waals surface area contributed by atoms with Gasteiger partial charge in [0.2, 0.25) is 0 Å². The van der Waals surface area contributed by atoms with Crippen LogP contribution in [-0.2, 0) is 6.42 Å². The number of rotatable bonds is 3. The minimum Gasteiger partial charge on any atom is -0.391 e. The van der Waals surface area contributed by atoms with Crippen molar-refractivity contribution in [3.63, 3.8) is 0 Å². The minimum atomic E-state index is -0.753. The SMILES string of the molecule is CN[C@H]1[C@@H](O)C[C@H]2[C@@H]3CCc4cc(O[N+](=O)[O-])ccc4[C@H]3CC[C@@]21C. The zero-order valence-electron chi connectivity index (χ0n) is 14.8. The smallest absolute Gasteiger partial charge is 0.299 e. The number of hydrogen-bond acceptors (Lipinski definition) is 5. The normalized spacial score (nSPS) is 39.2. The maximum atomic E-state index is 10.6. The molecule has 0 saturated heterocycles. The van der Waals surface area contributed by atoms with E-state index in [1.165, 1.54) is 11.1 Å². The molecule has 3 aliphatic rings. The number of nitrogens with zero attached hydrogens (tertiary/aromatic N) is 1. The monoisotopic (exact) mass is 346 g/mol. The molecule has 2 fully saturated rings. The zero-order valence-corrected chi connectivity index (χ0v) is 14.8. The Bertz CT molecular complexity index is 694. The summed E-state index contributed by atoms with van der Waals surface area (Å²) < 4.78 is 0. The van der Waals surface area contributed by atoms with Crippen molar-refractivity contribution < 1.29 is 15.0 Å². The van der Waals surface area contributed by atoms with E-state index in [0.29, 0.717) is 23.5 Å². The van der Waals surface area contributed by atoms with Crippen molar-refractivity contribution in [2.75, 3.05) is 7.05 Å². The third-order valence-electron chi connectivity index (χ3n) is 7.22. The Labute approximate surface area is 147 Å². The van der Waals surface area contributed by atoms with Gasteiger partial charge < -0.3 is 10.4 Å². The van der Waals surface area contributed by atoms with Gasteiger partial charge in [0.15, 0.2) is 0 Å². The van der Waals surface area contributed by atoms with Crippen LogP contribution in [0.15, 0.2) is 18.2 Å². The van der Waals surface area contributed by atoms with Gasteiger partial charge in [0.1, 0.15) is 5.75 Å². The highest BCUT2D eigenvalue weighted by Crippen LogP contribution is 2.60. The molecule has 0 unspecified atom stereocenters. The Balaban J connectivity index is 1.63. The first-order valence-electron chi connectivity index (χ1n) is 9.24. The molecule has 25 heavy (non-hydrogen) atoms. The average molecular weight is 346 g/mol. The van der Waals surface area contributed by atoms with Gasteiger partial charge in [0, 0.05) is 6.04 Å². The molecule has 0 amide bonds. The topological polar surface area (TPSA) is 84.6 Å². The summed E-state index contributed by atoms with van der Waals surface area (Å²) in [6, 6.07) is 5.75. The highest BCUT2D eigenvalue weighted by atomic mass is 17.0. The number of benzene rings is 1. The highest BCUT2D eigenvalue weighted by Gasteiger charge is 2.57. The summed E-state index contributed by atoms with van der Waals surface area (Å²) in [6.07, 6.45) is 4.84. The third kappa shape index (κ3) is 2.54. The molecular formula is C19H26N2O4. The lowest BCUT2D eigenvalue weighted by molar-refractivity contribution is -0.711. The fraction of sp³-hybridized carbons (Fsp3) is 0.684. The largest absolute Gasteiger partial charge is 0.391 e. The van der Waals surface area contributed by atoms with Crippen LogP contribution < -0.4 is 10.2 Å². The van der Waals surface area contributed by atoms with E-state index in [1.54, 1.807) is 6.07 Å². The standard InChI is InChI=1S/C19H26N2O4/c1-19-8-7-14-13-6-4-12(25-21(23)24)9-11(13)3-5-15(14)16(19)10-17(22)18(19)20-2/h4,6,9,14-18,20,22H,3,5,7-8,10H2,1-2H3/t14-,15-,16+,17+,18+,19+/m1/s1. The molecule has 6 nitrogen and oxygen atoms in total. The molecule has 136 valence electrons. The number of aliphatic hydroxyl groups excluding tert-OH is 1. The van der Waals surface area contributed by atoms with Crippen LogP contribution in [-0.4, -0.2) is 29.4 Å². The van der Waals surface area contributed by atoms with Crippen LogP contribution >= 0.6 is 0 Å². The van der Waals surface area contributed by atoms with Crippen molar-refractivity contribution in [2.45, 2.75) is 57.1 Å². The third-order valence-corrected chi connectivity index (χ3v) is 7.22. The maximum absolute atomic E-state index is 10.6.